The number of phenolic OH excluding ortho intramolecular Hbond substituents is 2. The van der Waals surface area contributed by atoms with Gasteiger partial charge in [-0.25, -0.2) is 8.42 Å². The van der Waals surface area contributed by atoms with E-state index in [4.69, 9.17) is 11.5 Å². The second kappa shape index (κ2) is 4.36. The summed E-state index contributed by atoms with van der Waals surface area (Å²) in [5, 5.41) is 19.0. The predicted octanol–water partition coefficient (Wildman–Crippen LogP) is 1.09. The Morgan fingerprint density at radius 3 is 2.00 bits per heavy atom. The van der Waals surface area contributed by atoms with Crippen LogP contribution in [0.3, 0.4) is 0 Å². The van der Waals surface area contributed by atoms with Crippen LogP contribution >= 0.6 is 0 Å². The van der Waals surface area contributed by atoms with Crippen LogP contribution in [0, 0.1) is 0 Å². The summed E-state index contributed by atoms with van der Waals surface area (Å²) in [6.45, 7) is 0. The third-order valence-corrected chi connectivity index (χ3v) is 4.53. The molecule has 0 amide bonds. The molecule has 0 aliphatic heterocycles. The molecule has 2 aromatic carbocycles. The van der Waals surface area contributed by atoms with Gasteiger partial charge in [0.2, 0.25) is 9.84 Å². The molecular formula is C12H12N2O4S. The quantitative estimate of drug-likeness (QED) is 0.482. The second-order valence-electron chi connectivity index (χ2n) is 3.89. The predicted molar refractivity (Wildman–Crippen MR) is 70.5 cm³/mol. The lowest BCUT2D eigenvalue weighted by Gasteiger charge is -2.11. The molecule has 0 fully saturated rings. The molecule has 6 N–H and O–H groups in total. The molecule has 0 aromatic heterocycles. The summed E-state index contributed by atoms with van der Waals surface area (Å²) in [7, 11) is -4.11. The van der Waals surface area contributed by atoms with Gasteiger partial charge in [-0.1, -0.05) is 12.1 Å². The fraction of sp³-hybridized carbons (Fsp3) is 0. The fourth-order valence-corrected chi connectivity index (χ4v) is 3.31. The maximum absolute atomic E-state index is 12.4. The highest BCUT2D eigenvalue weighted by atomic mass is 32.2. The van der Waals surface area contributed by atoms with Gasteiger partial charge in [0, 0.05) is 0 Å². The fourth-order valence-electron chi connectivity index (χ4n) is 1.72. The van der Waals surface area contributed by atoms with E-state index in [2.05, 4.69) is 0 Å². The Morgan fingerprint density at radius 2 is 1.42 bits per heavy atom. The van der Waals surface area contributed by atoms with Crippen LogP contribution in [0.2, 0.25) is 0 Å². The van der Waals surface area contributed by atoms with Crippen molar-refractivity contribution in [2.24, 2.45) is 0 Å². The van der Waals surface area contributed by atoms with Gasteiger partial charge in [-0.3, -0.25) is 0 Å². The first-order chi connectivity index (χ1) is 8.85. The zero-order valence-corrected chi connectivity index (χ0v) is 10.6. The average Bonchev–Trinajstić information content (AvgIpc) is 2.32. The van der Waals surface area contributed by atoms with Crippen LogP contribution in [-0.4, -0.2) is 18.6 Å². The van der Waals surface area contributed by atoms with Crippen molar-refractivity contribution in [1.29, 1.82) is 0 Å². The van der Waals surface area contributed by atoms with Crippen molar-refractivity contribution in [1.82, 2.24) is 0 Å². The van der Waals surface area contributed by atoms with Crippen LogP contribution in [-0.2, 0) is 9.84 Å². The van der Waals surface area contributed by atoms with Crippen molar-refractivity contribution in [3.63, 3.8) is 0 Å². The molecule has 7 heteroatoms. The largest absolute Gasteiger partial charge is 0.504 e. The summed E-state index contributed by atoms with van der Waals surface area (Å²) in [6, 6.07) is 7.94. The first-order valence-corrected chi connectivity index (χ1v) is 6.74. The van der Waals surface area contributed by atoms with E-state index in [0.717, 1.165) is 6.07 Å². The van der Waals surface area contributed by atoms with Crippen LogP contribution < -0.4 is 11.5 Å². The van der Waals surface area contributed by atoms with Crippen molar-refractivity contribution < 1.29 is 18.6 Å². The summed E-state index contributed by atoms with van der Waals surface area (Å²) >= 11 is 0. The lowest BCUT2D eigenvalue weighted by Crippen LogP contribution is -2.09. The molecule has 0 radical (unpaired) electrons. The van der Waals surface area contributed by atoms with E-state index in [0.29, 0.717) is 0 Å². The van der Waals surface area contributed by atoms with Crippen LogP contribution in [0.25, 0.3) is 0 Å². The Morgan fingerprint density at radius 1 is 0.895 bits per heavy atom. The van der Waals surface area contributed by atoms with Crippen molar-refractivity contribution >= 4 is 21.2 Å². The summed E-state index contributed by atoms with van der Waals surface area (Å²) in [4.78, 5) is -0.729. The smallest absolute Gasteiger partial charge is 0.214 e. The number of benzene rings is 2. The van der Waals surface area contributed by atoms with Crippen LogP contribution in [0.4, 0.5) is 11.4 Å². The highest BCUT2D eigenvalue weighted by Gasteiger charge is 2.27. The van der Waals surface area contributed by atoms with Gasteiger partial charge in [-0.2, -0.15) is 0 Å². The maximum atomic E-state index is 12.4. The van der Waals surface area contributed by atoms with Crippen LogP contribution in [0.1, 0.15) is 0 Å². The van der Waals surface area contributed by atoms with Gasteiger partial charge in [-0.05, 0) is 24.3 Å². The van der Waals surface area contributed by atoms with Crippen molar-refractivity contribution in [3.8, 4) is 11.5 Å². The molecule has 100 valence electrons. The number of hydrogen-bond donors (Lipinski definition) is 4. The normalized spacial score (nSPS) is 11.4. The van der Waals surface area contributed by atoms with E-state index in [-0.39, 0.29) is 16.3 Å². The van der Waals surface area contributed by atoms with E-state index in [1.54, 1.807) is 0 Å². The molecule has 0 spiro atoms. The van der Waals surface area contributed by atoms with Crippen LogP contribution in [0.5, 0.6) is 11.5 Å². The molecule has 0 aliphatic carbocycles. The molecule has 2 rings (SSSR count). The number of phenols is 2. The van der Waals surface area contributed by atoms with Gasteiger partial charge in [-0.15, -0.1) is 0 Å². The molecule has 0 unspecified atom stereocenters. The van der Waals surface area contributed by atoms with Gasteiger partial charge < -0.3 is 21.7 Å². The third kappa shape index (κ3) is 2.04. The van der Waals surface area contributed by atoms with Crippen LogP contribution in [0.15, 0.2) is 46.2 Å². The molecule has 19 heavy (non-hydrogen) atoms. The Balaban J connectivity index is 2.77. The first-order valence-electron chi connectivity index (χ1n) is 5.25. The summed E-state index contributed by atoms with van der Waals surface area (Å²) < 4.78 is 24.8. The number of anilines is 2. The number of hydrogen-bond acceptors (Lipinski definition) is 6. The SMILES string of the molecule is Nc1cccc(N)c1S(=O)(=O)c1cccc(O)c1O. The third-order valence-electron chi connectivity index (χ3n) is 2.61. The Bertz CT molecular complexity index is 721. The number of nitrogen functional groups attached to an aromatic ring is 2. The standard InChI is InChI=1S/C12H12N2O4S/c13-7-3-1-4-8(14)12(7)19(17,18)10-6-2-5-9(15)11(10)16/h1-6,15-16H,13-14H2. The number of sulfone groups is 1. The lowest BCUT2D eigenvalue weighted by atomic mass is 10.3. The molecule has 0 heterocycles. The van der Waals surface area contributed by atoms with Gasteiger partial charge in [0.25, 0.3) is 0 Å². The highest BCUT2D eigenvalue weighted by molar-refractivity contribution is 7.92. The van der Waals surface area contributed by atoms with E-state index in [1.165, 1.54) is 30.3 Å². The van der Waals surface area contributed by atoms with Crippen molar-refractivity contribution in [2.45, 2.75) is 9.79 Å². The zero-order chi connectivity index (χ0) is 14.2. The van der Waals surface area contributed by atoms with Crippen molar-refractivity contribution in [2.75, 3.05) is 11.5 Å². The minimum Gasteiger partial charge on any atom is -0.504 e. The maximum Gasteiger partial charge on any atom is 0.214 e. The van der Waals surface area contributed by atoms with E-state index >= 15 is 0 Å². The highest BCUT2D eigenvalue weighted by Crippen LogP contribution is 2.38. The number of para-hydroxylation sites is 1. The second-order valence-corrected chi connectivity index (χ2v) is 5.75. The van der Waals surface area contributed by atoms with Gasteiger partial charge in [0.1, 0.15) is 9.79 Å². The monoisotopic (exact) mass is 280 g/mol. The Labute approximate surface area is 109 Å². The summed E-state index contributed by atoms with van der Waals surface area (Å²) in [5.41, 5.74) is 11.2. The number of rotatable bonds is 2. The topological polar surface area (TPSA) is 127 Å². The molecule has 0 aliphatic rings. The Kier molecular flexibility index (Phi) is 2.99. The van der Waals surface area contributed by atoms with E-state index in [9.17, 15) is 18.6 Å². The molecule has 6 nitrogen and oxygen atoms in total. The first kappa shape index (κ1) is 13.0. The number of aromatic hydroxyl groups is 2. The molecule has 0 saturated carbocycles. The van der Waals surface area contributed by atoms with E-state index < -0.39 is 26.2 Å². The van der Waals surface area contributed by atoms with E-state index in [1.807, 2.05) is 0 Å². The Hall–Kier alpha value is -2.41. The minimum atomic E-state index is -4.11. The minimum absolute atomic E-state index is 0.0252. The molecule has 2 aromatic rings. The molecule has 0 saturated heterocycles. The average molecular weight is 280 g/mol. The van der Waals surface area contributed by atoms with Gasteiger partial charge >= 0.3 is 0 Å². The lowest BCUT2D eigenvalue weighted by molar-refractivity contribution is 0.393. The summed E-state index contributed by atoms with van der Waals surface area (Å²) in [6.07, 6.45) is 0. The summed E-state index contributed by atoms with van der Waals surface area (Å²) in [5.74, 6) is -1.26. The molecular weight excluding hydrogens is 268 g/mol. The number of nitrogens with two attached hydrogens (primary N) is 2. The van der Waals surface area contributed by atoms with Gasteiger partial charge in [0.05, 0.1) is 11.4 Å². The zero-order valence-electron chi connectivity index (χ0n) is 9.74. The van der Waals surface area contributed by atoms with Crippen molar-refractivity contribution in [3.05, 3.63) is 36.4 Å². The molecule has 0 atom stereocenters. The van der Waals surface area contributed by atoms with Gasteiger partial charge in [0.15, 0.2) is 11.5 Å². The molecule has 0 bridgehead atoms.